The summed E-state index contributed by atoms with van der Waals surface area (Å²) >= 11 is 9.26. The third-order valence-corrected chi connectivity index (χ3v) is 6.04. The molecule has 0 aliphatic carbocycles. The van der Waals surface area contributed by atoms with Gasteiger partial charge in [-0.1, -0.05) is 17.7 Å². The Morgan fingerprint density at radius 3 is 2.66 bits per heavy atom. The van der Waals surface area contributed by atoms with Gasteiger partial charge in [0.15, 0.2) is 6.61 Å². The number of aryl methyl sites for hydroxylation is 2. The number of rotatable bonds is 5. The standard InChI is InChI=1S/C21H20BrClN2O4/c1-12-3-5-16(7-13(12)2)25-10-14(8-20(25)27)21(28)29-11-19(26)24-15-4-6-17(22)18(23)9-15/h3-7,9,14H,8,10-11H2,1-2H3,(H,24,26)/t14-/m1/s1. The zero-order valence-corrected chi connectivity index (χ0v) is 18.3. The molecule has 2 aromatic carbocycles. The number of carbonyl (C=O) groups is 3. The predicted molar refractivity (Wildman–Crippen MR) is 115 cm³/mol. The Bertz CT molecular complexity index is 979. The largest absolute Gasteiger partial charge is 0.455 e. The van der Waals surface area contributed by atoms with Crippen molar-refractivity contribution in [1.82, 2.24) is 0 Å². The van der Waals surface area contributed by atoms with Gasteiger partial charge in [-0.05, 0) is 71.2 Å². The van der Waals surface area contributed by atoms with Crippen molar-refractivity contribution in [3.8, 4) is 0 Å². The quantitative estimate of drug-likeness (QED) is 0.651. The Balaban J connectivity index is 1.54. The number of ether oxygens (including phenoxy) is 1. The molecule has 8 heteroatoms. The van der Waals surface area contributed by atoms with Crippen LogP contribution in [-0.4, -0.2) is 30.9 Å². The number of anilines is 2. The number of carbonyl (C=O) groups excluding carboxylic acids is 3. The molecule has 29 heavy (non-hydrogen) atoms. The lowest BCUT2D eigenvalue weighted by Gasteiger charge is -2.17. The Morgan fingerprint density at radius 1 is 1.21 bits per heavy atom. The summed E-state index contributed by atoms with van der Waals surface area (Å²) in [4.78, 5) is 38.3. The maximum Gasteiger partial charge on any atom is 0.311 e. The second-order valence-electron chi connectivity index (χ2n) is 6.96. The minimum absolute atomic E-state index is 0.0652. The highest BCUT2D eigenvalue weighted by Gasteiger charge is 2.36. The summed E-state index contributed by atoms with van der Waals surface area (Å²) in [6.07, 6.45) is 0.0652. The van der Waals surface area contributed by atoms with Gasteiger partial charge in [0.1, 0.15) is 0 Å². The summed E-state index contributed by atoms with van der Waals surface area (Å²) < 4.78 is 5.83. The predicted octanol–water partition coefficient (Wildman–Crippen LogP) is 4.25. The number of benzene rings is 2. The maximum atomic E-state index is 12.3. The van der Waals surface area contributed by atoms with Crippen LogP contribution in [0.15, 0.2) is 40.9 Å². The van der Waals surface area contributed by atoms with Crippen LogP contribution in [-0.2, 0) is 19.1 Å². The number of esters is 1. The van der Waals surface area contributed by atoms with Gasteiger partial charge in [0.05, 0.1) is 10.9 Å². The molecule has 1 heterocycles. The van der Waals surface area contributed by atoms with Crippen LogP contribution in [0.5, 0.6) is 0 Å². The Morgan fingerprint density at radius 2 is 1.97 bits per heavy atom. The zero-order chi connectivity index (χ0) is 21.1. The van der Waals surface area contributed by atoms with Gasteiger partial charge in [0, 0.05) is 28.8 Å². The smallest absolute Gasteiger partial charge is 0.311 e. The normalized spacial score (nSPS) is 16.1. The van der Waals surface area contributed by atoms with Crippen LogP contribution in [0.4, 0.5) is 11.4 Å². The van der Waals surface area contributed by atoms with E-state index in [0.717, 1.165) is 16.8 Å². The van der Waals surface area contributed by atoms with E-state index in [1.54, 1.807) is 23.1 Å². The first kappa shape index (κ1) is 21.3. The lowest BCUT2D eigenvalue weighted by atomic mass is 10.1. The van der Waals surface area contributed by atoms with Crippen molar-refractivity contribution in [1.29, 1.82) is 0 Å². The van der Waals surface area contributed by atoms with Gasteiger partial charge in [-0.25, -0.2) is 0 Å². The molecule has 0 saturated carbocycles. The van der Waals surface area contributed by atoms with E-state index >= 15 is 0 Å². The van der Waals surface area contributed by atoms with Crippen molar-refractivity contribution in [2.75, 3.05) is 23.4 Å². The van der Waals surface area contributed by atoms with E-state index in [1.165, 1.54) is 0 Å². The lowest BCUT2D eigenvalue weighted by molar-refractivity contribution is -0.151. The number of halogens is 2. The molecule has 1 N–H and O–H groups in total. The highest BCUT2D eigenvalue weighted by atomic mass is 79.9. The molecule has 2 aromatic rings. The topological polar surface area (TPSA) is 75.7 Å². The van der Waals surface area contributed by atoms with Crippen LogP contribution in [0.2, 0.25) is 5.02 Å². The first-order valence-corrected chi connectivity index (χ1v) is 10.2. The van der Waals surface area contributed by atoms with Gasteiger partial charge < -0.3 is 15.0 Å². The summed E-state index contributed by atoms with van der Waals surface area (Å²) in [6.45, 7) is 3.78. The molecule has 0 unspecified atom stereocenters. The summed E-state index contributed by atoms with van der Waals surface area (Å²) in [7, 11) is 0. The van der Waals surface area contributed by atoms with E-state index < -0.39 is 24.4 Å². The number of hydrogen-bond donors (Lipinski definition) is 1. The molecule has 1 aliphatic heterocycles. The van der Waals surface area contributed by atoms with E-state index in [-0.39, 0.29) is 18.9 Å². The van der Waals surface area contributed by atoms with Gasteiger partial charge in [-0.3, -0.25) is 14.4 Å². The Labute approximate surface area is 182 Å². The SMILES string of the molecule is Cc1ccc(N2C[C@H](C(=O)OCC(=O)Nc3ccc(Br)c(Cl)c3)CC2=O)cc1C. The molecule has 1 fully saturated rings. The summed E-state index contributed by atoms with van der Waals surface area (Å²) in [6, 6.07) is 10.7. The minimum Gasteiger partial charge on any atom is -0.455 e. The van der Waals surface area contributed by atoms with Gasteiger partial charge >= 0.3 is 5.97 Å². The summed E-state index contributed by atoms with van der Waals surface area (Å²) in [5.41, 5.74) is 3.47. The first-order chi connectivity index (χ1) is 13.7. The second kappa shape index (κ2) is 8.97. The average Bonchev–Trinajstić information content (AvgIpc) is 3.07. The van der Waals surface area contributed by atoms with Crippen molar-refractivity contribution in [2.24, 2.45) is 5.92 Å². The van der Waals surface area contributed by atoms with Crippen LogP contribution in [0, 0.1) is 19.8 Å². The number of nitrogens with zero attached hydrogens (tertiary/aromatic N) is 1. The fourth-order valence-corrected chi connectivity index (χ4v) is 3.46. The fourth-order valence-electron chi connectivity index (χ4n) is 3.03. The third kappa shape index (κ3) is 5.16. The van der Waals surface area contributed by atoms with Crippen molar-refractivity contribution in [3.63, 3.8) is 0 Å². The molecule has 152 valence electrons. The second-order valence-corrected chi connectivity index (χ2v) is 8.22. The molecule has 2 amide bonds. The summed E-state index contributed by atoms with van der Waals surface area (Å²) in [5, 5.41) is 3.07. The molecule has 0 radical (unpaired) electrons. The van der Waals surface area contributed by atoms with Crippen LogP contribution in [0.25, 0.3) is 0 Å². The molecule has 1 saturated heterocycles. The van der Waals surface area contributed by atoms with Crippen molar-refractivity contribution in [2.45, 2.75) is 20.3 Å². The van der Waals surface area contributed by atoms with Crippen LogP contribution in [0.1, 0.15) is 17.5 Å². The van der Waals surface area contributed by atoms with Crippen LogP contribution in [0.3, 0.4) is 0 Å². The molecule has 0 spiro atoms. The van der Waals surface area contributed by atoms with Gasteiger partial charge in [0.2, 0.25) is 5.91 Å². The Hall–Kier alpha value is -2.38. The minimum atomic E-state index is -0.598. The number of nitrogens with one attached hydrogen (secondary N) is 1. The summed E-state index contributed by atoms with van der Waals surface area (Å²) in [5.74, 6) is -1.77. The highest BCUT2D eigenvalue weighted by Crippen LogP contribution is 2.28. The average molecular weight is 480 g/mol. The molecule has 0 aromatic heterocycles. The third-order valence-electron chi connectivity index (χ3n) is 4.81. The zero-order valence-electron chi connectivity index (χ0n) is 16.0. The van der Waals surface area contributed by atoms with Crippen LogP contribution >= 0.6 is 27.5 Å². The molecule has 3 rings (SSSR count). The lowest BCUT2D eigenvalue weighted by Crippen LogP contribution is -2.28. The number of hydrogen-bond acceptors (Lipinski definition) is 4. The van der Waals surface area contributed by atoms with Crippen molar-refractivity contribution >= 4 is 56.7 Å². The fraction of sp³-hybridized carbons (Fsp3) is 0.286. The van der Waals surface area contributed by atoms with Gasteiger partial charge in [0.25, 0.3) is 5.91 Å². The molecular formula is C21H20BrClN2O4. The van der Waals surface area contributed by atoms with Crippen molar-refractivity contribution < 1.29 is 19.1 Å². The molecule has 1 aliphatic rings. The van der Waals surface area contributed by atoms with E-state index in [4.69, 9.17) is 16.3 Å². The maximum absolute atomic E-state index is 12.3. The monoisotopic (exact) mass is 478 g/mol. The molecule has 1 atom stereocenters. The highest BCUT2D eigenvalue weighted by molar-refractivity contribution is 9.10. The molecule has 6 nitrogen and oxygen atoms in total. The Kier molecular flexibility index (Phi) is 6.59. The number of amides is 2. The van der Waals surface area contributed by atoms with Crippen molar-refractivity contribution in [3.05, 3.63) is 57.0 Å². The van der Waals surface area contributed by atoms with E-state index in [1.807, 2.05) is 32.0 Å². The van der Waals surface area contributed by atoms with Gasteiger partial charge in [-0.2, -0.15) is 0 Å². The van der Waals surface area contributed by atoms with E-state index in [2.05, 4.69) is 21.2 Å². The van der Waals surface area contributed by atoms with Crippen LogP contribution < -0.4 is 10.2 Å². The van der Waals surface area contributed by atoms with Gasteiger partial charge in [-0.15, -0.1) is 0 Å². The molecular weight excluding hydrogens is 460 g/mol. The van der Waals surface area contributed by atoms with E-state index in [0.29, 0.717) is 15.2 Å². The molecule has 0 bridgehead atoms. The first-order valence-electron chi connectivity index (χ1n) is 9.03. The van der Waals surface area contributed by atoms with E-state index in [9.17, 15) is 14.4 Å².